The smallest absolute Gasteiger partial charge is 0.266 e. The molecule has 32 heavy (non-hydrogen) atoms. The van der Waals surface area contributed by atoms with Crippen LogP contribution in [-0.4, -0.2) is 29.7 Å². The third-order valence-corrected chi connectivity index (χ3v) is 8.15. The van der Waals surface area contributed by atoms with Gasteiger partial charge in [-0.3, -0.25) is 9.40 Å². The fourth-order valence-corrected chi connectivity index (χ4v) is 6.25. The molecule has 2 aromatic carbocycles. The Balaban J connectivity index is 1.53. The summed E-state index contributed by atoms with van der Waals surface area (Å²) in [5.41, 5.74) is 4.17. The number of hydrogen-bond donors (Lipinski definition) is 2. The van der Waals surface area contributed by atoms with Gasteiger partial charge in [-0.1, -0.05) is 41.1 Å². The number of thiazole rings is 1. The zero-order valence-electron chi connectivity index (χ0n) is 17.0. The predicted molar refractivity (Wildman–Crippen MR) is 123 cm³/mol. The van der Waals surface area contributed by atoms with Crippen LogP contribution < -0.4 is 10.0 Å². The molecule has 11 heteroatoms. The fourth-order valence-electron chi connectivity index (χ4n) is 4.10. The molecule has 0 unspecified atom stereocenters. The first-order valence-corrected chi connectivity index (χ1v) is 12.6. The van der Waals surface area contributed by atoms with Gasteiger partial charge in [0.1, 0.15) is 15.0 Å². The van der Waals surface area contributed by atoms with Gasteiger partial charge in [0.15, 0.2) is 5.13 Å². The number of benzene rings is 2. The summed E-state index contributed by atoms with van der Waals surface area (Å²) in [4.78, 5) is 3.40. The van der Waals surface area contributed by atoms with Crippen LogP contribution in [0.2, 0.25) is 4.34 Å². The van der Waals surface area contributed by atoms with Crippen molar-refractivity contribution in [1.82, 2.24) is 20.1 Å². The quantitative estimate of drug-likeness (QED) is 0.433. The van der Waals surface area contributed by atoms with Crippen molar-refractivity contribution in [2.75, 3.05) is 11.3 Å². The van der Waals surface area contributed by atoms with E-state index < -0.39 is 20.7 Å². The predicted octanol–water partition coefficient (Wildman–Crippen LogP) is 4.34. The number of nitrogens with one attached hydrogen (secondary N) is 2. The lowest BCUT2D eigenvalue weighted by molar-refractivity contribution is 0.556. The molecule has 2 N–H and O–H groups in total. The molecule has 2 aromatic heterocycles. The summed E-state index contributed by atoms with van der Waals surface area (Å²) in [6.45, 7) is 3.73. The lowest BCUT2D eigenvalue weighted by atomic mass is 9.92. The molecular formula is C21H19ClFN5O2S2. The molecule has 4 aromatic rings. The molecule has 0 saturated heterocycles. The SMILES string of the molecule is C[C@H](c1cccc2c1CNCC2)n1ncc2cc(S(=O)(=O)Nc3ncc(Cl)s3)c(F)cc21. The third-order valence-electron chi connectivity index (χ3n) is 5.64. The minimum atomic E-state index is -4.18. The molecule has 0 amide bonds. The van der Waals surface area contributed by atoms with Gasteiger partial charge in [-0.2, -0.15) is 5.10 Å². The monoisotopic (exact) mass is 491 g/mol. The average Bonchev–Trinajstić information content (AvgIpc) is 3.37. The minimum Gasteiger partial charge on any atom is -0.312 e. The molecule has 0 spiro atoms. The number of nitrogens with zero attached hydrogens (tertiary/aromatic N) is 3. The summed E-state index contributed by atoms with van der Waals surface area (Å²) in [5.74, 6) is -0.863. The lowest BCUT2D eigenvalue weighted by Crippen LogP contribution is -2.26. The number of aromatic nitrogens is 3. The van der Waals surface area contributed by atoms with Crippen LogP contribution in [0.3, 0.4) is 0 Å². The van der Waals surface area contributed by atoms with E-state index in [1.54, 1.807) is 10.9 Å². The van der Waals surface area contributed by atoms with Crippen LogP contribution in [0.4, 0.5) is 9.52 Å². The van der Waals surface area contributed by atoms with Crippen molar-refractivity contribution in [2.24, 2.45) is 0 Å². The van der Waals surface area contributed by atoms with Gasteiger partial charge in [0, 0.05) is 18.0 Å². The third kappa shape index (κ3) is 3.77. The fraction of sp³-hybridized carbons (Fsp3) is 0.238. The van der Waals surface area contributed by atoms with Crippen molar-refractivity contribution < 1.29 is 12.8 Å². The van der Waals surface area contributed by atoms with Crippen molar-refractivity contribution in [1.29, 1.82) is 0 Å². The molecule has 7 nitrogen and oxygen atoms in total. The number of anilines is 1. The van der Waals surface area contributed by atoms with Crippen LogP contribution in [0.5, 0.6) is 0 Å². The standard InChI is InChI=1S/C21H19ClFN5O2S2/c1-12(15-4-2-3-13-5-6-24-10-16(13)15)28-18-8-17(23)19(7-14(18)9-26-28)32(29,30)27-21-25-11-20(22)31-21/h2-4,7-9,11-12,24H,5-6,10H2,1H3,(H,25,27)/t12-/m1/s1. The molecule has 0 fully saturated rings. The molecule has 0 aliphatic carbocycles. The van der Waals surface area contributed by atoms with Gasteiger partial charge >= 0.3 is 0 Å². The summed E-state index contributed by atoms with van der Waals surface area (Å²) in [6, 6.07) is 8.58. The summed E-state index contributed by atoms with van der Waals surface area (Å²) in [6.07, 6.45) is 3.84. The Labute approximate surface area is 193 Å². The molecule has 1 aliphatic heterocycles. The van der Waals surface area contributed by atoms with E-state index in [1.165, 1.54) is 29.5 Å². The maximum absolute atomic E-state index is 15.0. The lowest BCUT2D eigenvalue weighted by Gasteiger charge is -2.24. The van der Waals surface area contributed by atoms with E-state index in [2.05, 4.69) is 32.3 Å². The van der Waals surface area contributed by atoms with E-state index in [4.69, 9.17) is 11.6 Å². The maximum atomic E-state index is 15.0. The number of hydrogen-bond acceptors (Lipinski definition) is 6. The van der Waals surface area contributed by atoms with Gasteiger partial charge in [-0.25, -0.2) is 17.8 Å². The Bertz CT molecular complexity index is 1430. The Morgan fingerprint density at radius 3 is 2.94 bits per heavy atom. The summed E-state index contributed by atoms with van der Waals surface area (Å²) in [5, 5.41) is 8.45. The molecule has 1 atom stereocenters. The number of halogens is 2. The Morgan fingerprint density at radius 1 is 1.31 bits per heavy atom. The van der Waals surface area contributed by atoms with E-state index in [1.807, 2.05) is 13.0 Å². The van der Waals surface area contributed by atoms with Gasteiger partial charge in [-0.05, 0) is 42.6 Å². The van der Waals surface area contributed by atoms with E-state index in [0.717, 1.165) is 36.4 Å². The molecule has 3 heterocycles. The van der Waals surface area contributed by atoms with Crippen molar-refractivity contribution >= 4 is 49.0 Å². The molecule has 0 bridgehead atoms. The van der Waals surface area contributed by atoms with E-state index in [9.17, 15) is 8.42 Å². The highest BCUT2D eigenvalue weighted by Gasteiger charge is 2.24. The van der Waals surface area contributed by atoms with Crippen LogP contribution in [0, 0.1) is 5.82 Å². The van der Waals surface area contributed by atoms with Crippen LogP contribution in [0.25, 0.3) is 10.9 Å². The summed E-state index contributed by atoms with van der Waals surface area (Å²) < 4.78 is 44.8. The Kier molecular flexibility index (Phi) is 5.40. The van der Waals surface area contributed by atoms with E-state index in [0.29, 0.717) is 15.2 Å². The van der Waals surface area contributed by atoms with Gasteiger partial charge < -0.3 is 5.32 Å². The second-order valence-corrected chi connectivity index (χ2v) is 10.9. The largest absolute Gasteiger partial charge is 0.312 e. The topological polar surface area (TPSA) is 88.9 Å². The number of rotatable bonds is 5. The van der Waals surface area contributed by atoms with Gasteiger partial charge in [0.25, 0.3) is 10.0 Å². The second-order valence-electron chi connectivity index (χ2n) is 7.59. The first-order valence-electron chi connectivity index (χ1n) is 9.96. The zero-order chi connectivity index (χ0) is 22.5. The highest BCUT2D eigenvalue weighted by Crippen LogP contribution is 2.31. The van der Waals surface area contributed by atoms with Crippen molar-refractivity contribution in [3.8, 4) is 0 Å². The zero-order valence-corrected chi connectivity index (χ0v) is 19.4. The first kappa shape index (κ1) is 21.3. The van der Waals surface area contributed by atoms with E-state index >= 15 is 4.39 Å². The Morgan fingerprint density at radius 2 is 2.16 bits per heavy atom. The Hall–Kier alpha value is -2.53. The number of sulfonamides is 1. The van der Waals surface area contributed by atoms with Crippen LogP contribution in [0.15, 0.2) is 47.6 Å². The highest BCUT2D eigenvalue weighted by atomic mass is 35.5. The molecule has 1 aliphatic rings. The second kappa shape index (κ2) is 8.11. The maximum Gasteiger partial charge on any atom is 0.266 e. The average molecular weight is 492 g/mol. The van der Waals surface area contributed by atoms with E-state index in [-0.39, 0.29) is 11.2 Å². The molecule has 0 saturated carbocycles. The highest BCUT2D eigenvalue weighted by molar-refractivity contribution is 7.93. The van der Waals surface area contributed by atoms with Gasteiger partial charge in [0.2, 0.25) is 0 Å². The van der Waals surface area contributed by atoms with Crippen molar-refractivity contribution in [3.05, 3.63) is 69.6 Å². The first-order chi connectivity index (χ1) is 15.3. The molecule has 0 radical (unpaired) electrons. The van der Waals surface area contributed by atoms with Gasteiger partial charge in [-0.15, -0.1) is 0 Å². The normalized spacial score (nSPS) is 15.0. The summed E-state index contributed by atoms with van der Waals surface area (Å²) >= 11 is 6.76. The van der Waals surface area contributed by atoms with Crippen LogP contribution in [-0.2, 0) is 23.0 Å². The number of fused-ring (bicyclic) bond motifs is 2. The summed E-state index contributed by atoms with van der Waals surface area (Å²) in [7, 11) is -4.18. The molecule has 166 valence electrons. The van der Waals surface area contributed by atoms with Crippen LogP contribution >= 0.6 is 22.9 Å². The van der Waals surface area contributed by atoms with Crippen molar-refractivity contribution in [3.63, 3.8) is 0 Å². The minimum absolute atomic E-state index is 0.0706. The molecule has 5 rings (SSSR count). The van der Waals surface area contributed by atoms with Crippen LogP contribution in [0.1, 0.15) is 29.7 Å². The molecular weight excluding hydrogens is 473 g/mol. The van der Waals surface area contributed by atoms with Crippen molar-refractivity contribution in [2.45, 2.75) is 30.8 Å². The van der Waals surface area contributed by atoms with Gasteiger partial charge in [0.05, 0.1) is 24.0 Å².